The lowest BCUT2D eigenvalue weighted by atomic mass is 9.95. The summed E-state index contributed by atoms with van der Waals surface area (Å²) in [7, 11) is 1.73. The molecular weight excluding hydrogens is 417 g/mol. The minimum atomic E-state index is 0. The molecule has 1 aromatic carbocycles. The molecule has 2 unspecified atom stereocenters. The van der Waals surface area contributed by atoms with Crippen LogP contribution in [0.5, 0.6) is 0 Å². The fourth-order valence-corrected chi connectivity index (χ4v) is 2.81. The van der Waals surface area contributed by atoms with Crippen molar-refractivity contribution in [3.8, 4) is 0 Å². The van der Waals surface area contributed by atoms with Gasteiger partial charge < -0.3 is 20.1 Å². The predicted octanol–water partition coefficient (Wildman–Crippen LogP) is 2.97. The Morgan fingerprint density at radius 1 is 1.29 bits per heavy atom. The highest BCUT2D eigenvalue weighted by Crippen LogP contribution is 2.34. The van der Waals surface area contributed by atoms with Crippen LogP contribution in [0.1, 0.15) is 31.4 Å². The van der Waals surface area contributed by atoms with Crippen molar-refractivity contribution in [3.05, 3.63) is 35.9 Å². The Balaban J connectivity index is 0.00000288. The van der Waals surface area contributed by atoms with Crippen LogP contribution in [0.15, 0.2) is 35.3 Å². The van der Waals surface area contributed by atoms with Gasteiger partial charge in [0.05, 0.1) is 6.10 Å². The summed E-state index contributed by atoms with van der Waals surface area (Å²) >= 11 is 0. The van der Waals surface area contributed by atoms with Crippen LogP contribution in [-0.4, -0.2) is 45.9 Å². The molecule has 1 fully saturated rings. The van der Waals surface area contributed by atoms with Crippen LogP contribution in [0.4, 0.5) is 0 Å². The molecule has 136 valence electrons. The van der Waals surface area contributed by atoms with Gasteiger partial charge in [-0.1, -0.05) is 30.3 Å². The van der Waals surface area contributed by atoms with E-state index in [1.165, 1.54) is 5.56 Å². The summed E-state index contributed by atoms with van der Waals surface area (Å²) in [6.07, 6.45) is 2.20. The van der Waals surface area contributed by atoms with Crippen LogP contribution < -0.4 is 10.6 Å². The topological polar surface area (TPSA) is 54.9 Å². The van der Waals surface area contributed by atoms with Gasteiger partial charge in [0.2, 0.25) is 0 Å². The maximum atomic E-state index is 5.93. The molecule has 0 radical (unpaired) electrons. The Morgan fingerprint density at radius 2 is 2.08 bits per heavy atom. The second-order valence-electron chi connectivity index (χ2n) is 5.74. The van der Waals surface area contributed by atoms with E-state index in [0.717, 1.165) is 51.6 Å². The number of guanidine groups is 1. The van der Waals surface area contributed by atoms with E-state index < -0.39 is 0 Å². The fraction of sp³-hybridized carbons (Fsp3) is 0.611. The lowest BCUT2D eigenvalue weighted by Gasteiger charge is -2.18. The molecule has 0 spiro atoms. The highest BCUT2D eigenvalue weighted by atomic mass is 127. The molecule has 1 saturated heterocycles. The number of nitrogens with one attached hydrogen (secondary N) is 2. The maximum Gasteiger partial charge on any atom is 0.191 e. The van der Waals surface area contributed by atoms with Crippen LogP contribution in [-0.2, 0) is 9.47 Å². The van der Waals surface area contributed by atoms with Gasteiger partial charge in [-0.3, -0.25) is 4.99 Å². The van der Waals surface area contributed by atoms with Crippen molar-refractivity contribution >= 4 is 29.9 Å². The summed E-state index contributed by atoms with van der Waals surface area (Å²) in [6.45, 7) is 6.16. The van der Waals surface area contributed by atoms with Crippen molar-refractivity contribution in [1.82, 2.24) is 10.6 Å². The number of benzene rings is 1. The van der Waals surface area contributed by atoms with Gasteiger partial charge in [-0.2, -0.15) is 0 Å². The average Bonchev–Trinajstić information content (AvgIpc) is 3.06. The molecule has 1 aliphatic heterocycles. The van der Waals surface area contributed by atoms with Gasteiger partial charge >= 0.3 is 0 Å². The number of aliphatic imine (C=N–C) groups is 1. The highest BCUT2D eigenvalue weighted by molar-refractivity contribution is 14.0. The van der Waals surface area contributed by atoms with E-state index >= 15 is 0 Å². The van der Waals surface area contributed by atoms with E-state index in [1.807, 2.05) is 6.07 Å². The van der Waals surface area contributed by atoms with Crippen LogP contribution in [0.25, 0.3) is 0 Å². The minimum Gasteiger partial charge on any atom is -0.385 e. The summed E-state index contributed by atoms with van der Waals surface area (Å²) in [6, 6.07) is 10.5. The third kappa shape index (κ3) is 6.94. The second kappa shape index (κ2) is 12.5. The smallest absolute Gasteiger partial charge is 0.191 e. The molecule has 5 nitrogen and oxygen atoms in total. The summed E-state index contributed by atoms with van der Waals surface area (Å²) in [5.41, 5.74) is 1.25. The Kier molecular flexibility index (Phi) is 11.0. The lowest BCUT2D eigenvalue weighted by molar-refractivity contribution is 0.0925. The van der Waals surface area contributed by atoms with Gasteiger partial charge in [-0.15, -0.1) is 24.0 Å². The van der Waals surface area contributed by atoms with Crippen molar-refractivity contribution in [2.75, 3.05) is 40.0 Å². The number of ether oxygens (including phenoxy) is 2. The van der Waals surface area contributed by atoms with E-state index in [2.05, 4.69) is 41.8 Å². The first kappa shape index (κ1) is 21.2. The molecule has 1 aliphatic rings. The van der Waals surface area contributed by atoms with Gasteiger partial charge in [-0.05, 0) is 25.3 Å². The van der Waals surface area contributed by atoms with Crippen molar-refractivity contribution in [3.63, 3.8) is 0 Å². The monoisotopic (exact) mass is 447 g/mol. The lowest BCUT2D eigenvalue weighted by Crippen LogP contribution is -2.38. The third-order valence-corrected chi connectivity index (χ3v) is 3.99. The molecule has 2 rings (SSSR count). The van der Waals surface area contributed by atoms with Crippen LogP contribution in [0.2, 0.25) is 0 Å². The van der Waals surface area contributed by atoms with Gasteiger partial charge in [0.15, 0.2) is 5.96 Å². The second-order valence-corrected chi connectivity index (χ2v) is 5.74. The van der Waals surface area contributed by atoms with Gasteiger partial charge in [0, 0.05) is 45.9 Å². The largest absolute Gasteiger partial charge is 0.385 e. The van der Waals surface area contributed by atoms with E-state index in [1.54, 1.807) is 7.11 Å². The number of halogens is 1. The summed E-state index contributed by atoms with van der Waals surface area (Å²) in [5, 5.41) is 6.65. The zero-order valence-corrected chi connectivity index (χ0v) is 17.0. The molecule has 0 saturated carbocycles. The molecule has 6 heteroatoms. The Morgan fingerprint density at radius 3 is 2.79 bits per heavy atom. The maximum absolute atomic E-state index is 5.93. The highest BCUT2D eigenvalue weighted by Gasteiger charge is 2.29. The van der Waals surface area contributed by atoms with Gasteiger partial charge in [0.25, 0.3) is 0 Å². The van der Waals surface area contributed by atoms with E-state index in [-0.39, 0.29) is 30.1 Å². The number of methoxy groups -OCH3 is 1. The number of hydrogen-bond acceptors (Lipinski definition) is 3. The Labute approximate surface area is 162 Å². The Hall–Kier alpha value is -0.860. The minimum absolute atomic E-state index is 0. The molecule has 0 aliphatic carbocycles. The van der Waals surface area contributed by atoms with Crippen LogP contribution in [0, 0.1) is 5.92 Å². The number of hydrogen-bond donors (Lipinski definition) is 2. The molecule has 0 aromatic heterocycles. The predicted molar refractivity (Wildman–Crippen MR) is 109 cm³/mol. The van der Waals surface area contributed by atoms with Crippen molar-refractivity contribution in [1.29, 1.82) is 0 Å². The normalized spacial score (nSPS) is 20.5. The molecule has 1 heterocycles. The van der Waals surface area contributed by atoms with Crippen molar-refractivity contribution in [2.24, 2.45) is 10.9 Å². The van der Waals surface area contributed by atoms with Crippen LogP contribution in [0.3, 0.4) is 0 Å². The summed E-state index contributed by atoms with van der Waals surface area (Å²) < 4.78 is 11.0. The molecule has 0 bridgehead atoms. The fourth-order valence-electron chi connectivity index (χ4n) is 2.81. The SMILES string of the molecule is CCNC(=NCC1CCOC1c1ccccc1)NCCCOC.I. The molecule has 0 amide bonds. The average molecular weight is 447 g/mol. The number of nitrogens with zero attached hydrogens (tertiary/aromatic N) is 1. The Bertz CT molecular complexity index is 471. The molecule has 2 atom stereocenters. The molecule has 24 heavy (non-hydrogen) atoms. The third-order valence-electron chi connectivity index (χ3n) is 3.99. The van der Waals surface area contributed by atoms with Crippen molar-refractivity contribution < 1.29 is 9.47 Å². The molecular formula is C18H30IN3O2. The molecule has 2 N–H and O–H groups in total. The van der Waals surface area contributed by atoms with E-state index in [4.69, 9.17) is 14.5 Å². The standard InChI is InChI=1S/C18H29N3O2.HI/c1-3-19-18(20-11-7-12-22-2)21-14-16-10-13-23-17(16)15-8-5-4-6-9-15;/h4-6,8-9,16-17H,3,7,10-14H2,1-2H3,(H2,19,20,21);1H. The zero-order chi connectivity index (χ0) is 16.3. The first-order chi connectivity index (χ1) is 11.3. The quantitative estimate of drug-likeness (QED) is 0.279. The number of rotatable bonds is 8. The van der Waals surface area contributed by atoms with Gasteiger partial charge in [-0.25, -0.2) is 0 Å². The van der Waals surface area contributed by atoms with Crippen LogP contribution >= 0.6 is 24.0 Å². The zero-order valence-electron chi connectivity index (χ0n) is 14.7. The van der Waals surface area contributed by atoms with Gasteiger partial charge in [0.1, 0.15) is 0 Å². The summed E-state index contributed by atoms with van der Waals surface area (Å²) in [4.78, 5) is 4.74. The van der Waals surface area contributed by atoms with E-state index in [0.29, 0.717) is 5.92 Å². The first-order valence-electron chi connectivity index (χ1n) is 8.52. The van der Waals surface area contributed by atoms with Crippen molar-refractivity contribution in [2.45, 2.75) is 25.9 Å². The van der Waals surface area contributed by atoms with E-state index in [9.17, 15) is 0 Å². The first-order valence-corrected chi connectivity index (χ1v) is 8.52. The summed E-state index contributed by atoms with van der Waals surface area (Å²) in [5.74, 6) is 1.31. The molecule has 1 aromatic rings.